The third-order valence-electron chi connectivity index (χ3n) is 2.00. The second kappa shape index (κ2) is 6.23. The number of hydrogen-bond acceptors (Lipinski definition) is 4. The van der Waals surface area contributed by atoms with Crippen molar-refractivity contribution in [3.63, 3.8) is 0 Å². The zero-order valence-corrected chi connectivity index (χ0v) is 10.0. The maximum atomic E-state index is 11.5. The summed E-state index contributed by atoms with van der Waals surface area (Å²) < 4.78 is 4.91. The Balaban J connectivity index is 2.97. The summed E-state index contributed by atoms with van der Waals surface area (Å²) in [6, 6.07) is 5.07. The van der Waals surface area contributed by atoms with Gasteiger partial charge in [0.05, 0.1) is 12.2 Å². The molecule has 0 aliphatic carbocycles. The van der Waals surface area contributed by atoms with E-state index in [9.17, 15) is 4.79 Å². The Morgan fingerprint density at radius 1 is 1.56 bits per heavy atom. The molecule has 1 rings (SSSR count). The Labute approximate surface area is 101 Å². The number of thiol groups is 1. The van der Waals surface area contributed by atoms with Gasteiger partial charge < -0.3 is 10.5 Å². The highest BCUT2D eigenvalue weighted by Gasteiger charge is 2.07. The summed E-state index contributed by atoms with van der Waals surface area (Å²) >= 11 is 4.07. The van der Waals surface area contributed by atoms with E-state index in [1.165, 1.54) is 0 Å². The van der Waals surface area contributed by atoms with E-state index >= 15 is 0 Å². The van der Waals surface area contributed by atoms with Crippen LogP contribution in [0.1, 0.15) is 22.8 Å². The Morgan fingerprint density at radius 3 is 2.94 bits per heavy atom. The van der Waals surface area contributed by atoms with E-state index in [0.29, 0.717) is 23.6 Å². The van der Waals surface area contributed by atoms with Gasteiger partial charge in [-0.3, -0.25) is 0 Å². The van der Waals surface area contributed by atoms with Crippen LogP contribution in [-0.2, 0) is 4.74 Å². The van der Waals surface area contributed by atoms with Crippen LogP contribution in [0.15, 0.2) is 24.3 Å². The predicted molar refractivity (Wildman–Crippen MR) is 69.7 cm³/mol. The van der Waals surface area contributed by atoms with Crippen LogP contribution >= 0.6 is 12.6 Å². The third kappa shape index (κ3) is 3.31. The lowest BCUT2D eigenvalue weighted by Gasteiger charge is -2.05. The molecular formula is C12H15NO2S. The molecule has 3 nitrogen and oxygen atoms in total. The smallest absolute Gasteiger partial charge is 0.338 e. The summed E-state index contributed by atoms with van der Waals surface area (Å²) in [6.45, 7) is 2.14. The lowest BCUT2D eigenvalue weighted by atomic mass is 10.1. The van der Waals surface area contributed by atoms with Gasteiger partial charge >= 0.3 is 5.97 Å². The first-order valence-electron chi connectivity index (χ1n) is 5.03. The lowest BCUT2D eigenvalue weighted by Crippen LogP contribution is -2.05. The molecule has 0 heterocycles. The Bertz CT molecular complexity index is 402. The highest BCUT2D eigenvalue weighted by atomic mass is 32.1. The molecule has 0 saturated carbocycles. The zero-order valence-electron chi connectivity index (χ0n) is 9.14. The van der Waals surface area contributed by atoms with Crippen molar-refractivity contribution in [1.29, 1.82) is 0 Å². The number of hydrogen-bond donors (Lipinski definition) is 2. The predicted octanol–water partition coefficient (Wildman–Crippen LogP) is 2.39. The van der Waals surface area contributed by atoms with E-state index in [1.807, 2.05) is 12.2 Å². The standard InChI is InChI=1S/C12H15NO2S/c1-2-15-12(14)10-5-6-11(13)9(8-10)4-3-7-16/h3-6,8,16H,2,7,13H2,1H3. The summed E-state index contributed by atoms with van der Waals surface area (Å²) in [6.07, 6.45) is 3.70. The minimum Gasteiger partial charge on any atom is -0.462 e. The summed E-state index contributed by atoms with van der Waals surface area (Å²) in [5, 5.41) is 0. The number of ether oxygens (including phenoxy) is 1. The molecular weight excluding hydrogens is 222 g/mol. The number of anilines is 1. The maximum Gasteiger partial charge on any atom is 0.338 e. The molecule has 1 aromatic rings. The summed E-state index contributed by atoms with van der Waals surface area (Å²) in [5.41, 5.74) is 7.72. The van der Waals surface area contributed by atoms with Gasteiger partial charge in [-0.25, -0.2) is 4.79 Å². The van der Waals surface area contributed by atoms with E-state index < -0.39 is 0 Å². The minimum absolute atomic E-state index is 0.331. The zero-order chi connectivity index (χ0) is 12.0. The van der Waals surface area contributed by atoms with Crippen molar-refractivity contribution in [3.05, 3.63) is 35.4 Å². The van der Waals surface area contributed by atoms with Gasteiger partial charge in [0.25, 0.3) is 0 Å². The van der Waals surface area contributed by atoms with Crippen LogP contribution in [0.4, 0.5) is 5.69 Å². The van der Waals surface area contributed by atoms with Crippen molar-refractivity contribution in [2.45, 2.75) is 6.92 Å². The number of benzene rings is 1. The van der Waals surface area contributed by atoms with E-state index in [2.05, 4.69) is 12.6 Å². The highest BCUT2D eigenvalue weighted by Crippen LogP contribution is 2.16. The molecule has 0 fully saturated rings. The van der Waals surface area contributed by atoms with Crippen LogP contribution in [0.25, 0.3) is 6.08 Å². The molecule has 0 amide bonds. The molecule has 0 aromatic heterocycles. The van der Waals surface area contributed by atoms with Gasteiger partial charge in [-0.15, -0.1) is 0 Å². The van der Waals surface area contributed by atoms with Crippen molar-refractivity contribution in [1.82, 2.24) is 0 Å². The van der Waals surface area contributed by atoms with Gasteiger partial charge in [-0.1, -0.05) is 12.2 Å². The molecule has 1 aromatic carbocycles. The third-order valence-corrected chi connectivity index (χ3v) is 2.21. The fraction of sp³-hybridized carbons (Fsp3) is 0.250. The fourth-order valence-electron chi connectivity index (χ4n) is 1.24. The number of nitrogen functional groups attached to an aromatic ring is 1. The second-order valence-corrected chi connectivity index (χ2v) is 3.51. The summed E-state index contributed by atoms with van der Waals surface area (Å²) in [4.78, 5) is 11.5. The monoisotopic (exact) mass is 237 g/mol. The highest BCUT2D eigenvalue weighted by molar-refractivity contribution is 7.80. The molecule has 0 spiro atoms. The molecule has 0 unspecified atom stereocenters. The van der Waals surface area contributed by atoms with Gasteiger partial charge in [-0.05, 0) is 30.7 Å². The van der Waals surface area contributed by atoms with E-state index in [-0.39, 0.29) is 5.97 Å². The van der Waals surface area contributed by atoms with E-state index in [1.54, 1.807) is 25.1 Å². The molecule has 86 valence electrons. The van der Waals surface area contributed by atoms with Gasteiger partial charge in [-0.2, -0.15) is 12.6 Å². The Morgan fingerprint density at radius 2 is 2.31 bits per heavy atom. The number of rotatable bonds is 4. The van der Waals surface area contributed by atoms with Crippen molar-refractivity contribution in [2.75, 3.05) is 18.1 Å². The molecule has 4 heteroatoms. The summed E-state index contributed by atoms with van der Waals surface area (Å²) in [7, 11) is 0. The quantitative estimate of drug-likeness (QED) is 0.480. The molecule has 2 N–H and O–H groups in total. The van der Waals surface area contributed by atoms with Crippen molar-refractivity contribution in [3.8, 4) is 0 Å². The van der Waals surface area contributed by atoms with Crippen LogP contribution in [-0.4, -0.2) is 18.3 Å². The first-order valence-corrected chi connectivity index (χ1v) is 5.66. The maximum absolute atomic E-state index is 11.5. The van der Waals surface area contributed by atoms with Crippen LogP contribution < -0.4 is 5.73 Å². The normalized spacial score (nSPS) is 10.6. The minimum atomic E-state index is -0.331. The average molecular weight is 237 g/mol. The number of nitrogens with two attached hydrogens (primary N) is 1. The second-order valence-electron chi connectivity index (χ2n) is 3.15. The SMILES string of the molecule is CCOC(=O)c1ccc(N)c(C=CCS)c1. The molecule has 0 atom stereocenters. The largest absolute Gasteiger partial charge is 0.462 e. The first kappa shape index (κ1) is 12.6. The molecule has 0 radical (unpaired) electrons. The van der Waals surface area contributed by atoms with Crippen LogP contribution in [0.3, 0.4) is 0 Å². The molecule has 0 bridgehead atoms. The van der Waals surface area contributed by atoms with Crippen LogP contribution in [0.5, 0.6) is 0 Å². The molecule has 0 aliphatic rings. The summed E-state index contributed by atoms with van der Waals surface area (Å²) in [5.74, 6) is 0.298. The lowest BCUT2D eigenvalue weighted by molar-refractivity contribution is 0.0526. The Hall–Kier alpha value is -1.42. The van der Waals surface area contributed by atoms with Gasteiger partial charge in [0.15, 0.2) is 0 Å². The van der Waals surface area contributed by atoms with Crippen molar-refractivity contribution < 1.29 is 9.53 Å². The van der Waals surface area contributed by atoms with Crippen molar-refractivity contribution in [2.24, 2.45) is 0 Å². The molecule has 16 heavy (non-hydrogen) atoms. The molecule has 0 saturated heterocycles. The van der Waals surface area contributed by atoms with Crippen LogP contribution in [0.2, 0.25) is 0 Å². The number of carbonyl (C=O) groups is 1. The molecule has 0 aliphatic heterocycles. The number of carbonyl (C=O) groups excluding carboxylic acids is 1. The van der Waals surface area contributed by atoms with Gasteiger partial charge in [0.2, 0.25) is 0 Å². The van der Waals surface area contributed by atoms with Gasteiger partial charge in [0.1, 0.15) is 0 Å². The fourth-order valence-corrected chi connectivity index (χ4v) is 1.35. The van der Waals surface area contributed by atoms with E-state index in [4.69, 9.17) is 10.5 Å². The number of esters is 1. The topological polar surface area (TPSA) is 52.3 Å². The van der Waals surface area contributed by atoms with Crippen LogP contribution in [0, 0.1) is 0 Å². The van der Waals surface area contributed by atoms with E-state index in [0.717, 1.165) is 5.56 Å². The first-order chi connectivity index (χ1) is 7.69. The average Bonchev–Trinajstić information content (AvgIpc) is 2.28. The van der Waals surface area contributed by atoms with Gasteiger partial charge in [0, 0.05) is 11.4 Å². The Kier molecular flexibility index (Phi) is 4.92. The van der Waals surface area contributed by atoms with Crippen molar-refractivity contribution >= 4 is 30.4 Å².